The third-order valence-corrected chi connectivity index (χ3v) is 3.62. The topological polar surface area (TPSA) is 52.6 Å². The van der Waals surface area contributed by atoms with Gasteiger partial charge in [0.25, 0.3) is 0 Å². The molecule has 1 atom stereocenters. The number of carbonyl (C=O) groups excluding carboxylic acids is 2. The molecular weight excluding hydrogens is 288 g/mol. The van der Waals surface area contributed by atoms with E-state index in [0.29, 0.717) is 5.75 Å². The highest BCUT2D eigenvalue weighted by atomic mass is 32.2. The van der Waals surface area contributed by atoms with Crippen molar-refractivity contribution in [2.45, 2.75) is 32.3 Å². The van der Waals surface area contributed by atoms with E-state index in [1.54, 1.807) is 0 Å². The third-order valence-electron chi connectivity index (χ3n) is 2.61. The van der Waals surface area contributed by atoms with Crippen LogP contribution in [0.15, 0.2) is 30.3 Å². The number of rotatable bonds is 6. The Kier molecular flexibility index (Phi) is 6.75. The van der Waals surface area contributed by atoms with Crippen LogP contribution in [0.2, 0.25) is 0 Å². The molecule has 0 amide bonds. The Labute approximate surface area is 130 Å². The number of methoxy groups -OCH3 is 1. The summed E-state index contributed by atoms with van der Waals surface area (Å²) in [6.07, 6.45) is 0. The Morgan fingerprint density at radius 2 is 1.81 bits per heavy atom. The molecule has 5 heteroatoms. The zero-order valence-electron chi connectivity index (χ0n) is 12.9. The van der Waals surface area contributed by atoms with Crippen LogP contribution in [-0.4, -0.2) is 36.2 Å². The Morgan fingerprint density at radius 3 is 2.33 bits per heavy atom. The first kappa shape index (κ1) is 17.6. The van der Waals surface area contributed by atoms with Crippen molar-refractivity contribution < 1.29 is 19.1 Å². The maximum Gasteiger partial charge on any atom is 0.316 e. The first-order valence-electron chi connectivity index (χ1n) is 6.76. The van der Waals surface area contributed by atoms with Crippen molar-refractivity contribution >= 4 is 23.7 Å². The Morgan fingerprint density at radius 1 is 1.19 bits per heavy atom. The number of ether oxygens (including phenoxy) is 2. The van der Waals surface area contributed by atoms with E-state index in [0.717, 1.165) is 5.56 Å². The van der Waals surface area contributed by atoms with Crippen molar-refractivity contribution in [3.8, 4) is 0 Å². The first-order chi connectivity index (χ1) is 9.83. The van der Waals surface area contributed by atoms with Crippen molar-refractivity contribution in [3.05, 3.63) is 35.9 Å². The molecule has 0 aromatic heterocycles. The highest BCUT2D eigenvalue weighted by Gasteiger charge is 2.22. The number of carbonyl (C=O) groups is 2. The number of benzene rings is 1. The first-order valence-corrected chi connectivity index (χ1v) is 7.91. The van der Waals surface area contributed by atoms with E-state index in [4.69, 9.17) is 9.47 Å². The summed E-state index contributed by atoms with van der Waals surface area (Å²) >= 11 is 1.37. The molecule has 1 aromatic rings. The molecule has 0 bridgehead atoms. The second kappa shape index (κ2) is 8.08. The molecule has 1 aromatic carbocycles. The highest BCUT2D eigenvalue weighted by molar-refractivity contribution is 8.00. The maximum absolute atomic E-state index is 11.9. The Hall–Kier alpha value is -1.49. The van der Waals surface area contributed by atoms with Gasteiger partial charge < -0.3 is 9.47 Å². The summed E-state index contributed by atoms with van der Waals surface area (Å²) in [7, 11) is 1.37. The van der Waals surface area contributed by atoms with Gasteiger partial charge in [-0.1, -0.05) is 30.3 Å². The molecule has 0 N–H and O–H groups in total. The van der Waals surface area contributed by atoms with Gasteiger partial charge in [-0.2, -0.15) is 0 Å². The lowest BCUT2D eigenvalue weighted by atomic mass is 10.0. The van der Waals surface area contributed by atoms with Gasteiger partial charge in [0.15, 0.2) is 0 Å². The lowest BCUT2D eigenvalue weighted by Crippen LogP contribution is -2.25. The largest absolute Gasteiger partial charge is 0.469 e. The molecule has 1 rings (SSSR count). The summed E-state index contributed by atoms with van der Waals surface area (Å²) in [4.78, 5) is 23.5. The minimum absolute atomic E-state index is 0.220. The van der Waals surface area contributed by atoms with Crippen molar-refractivity contribution in [2.75, 3.05) is 18.6 Å². The maximum atomic E-state index is 11.9. The van der Waals surface area contributed by atoms with Crippen LogP contribution in [-0.2, 0) is 19.1 Å². The minimum Gasteiger partial charge on any atom is -0.469 e. The molecule has 116 valence electrons. The van der Waals surface area contributed by atoms with Gasteiger partial charge in [0, 0.05) is 5.75 Å². The molecule has 0 aliphatic heterocycles. The van der Waals surface area contributed by atoms with E-state index >= 15 is 0 Å². The van der Waals surface area contributed by atoms with Crippen LogP contribution in [0.4, 0.5) is 0 Å². The van der Waals surface area contributed by atoms with Crippen LogP contribution in [0.1, 0.15) is 32.3 Å². The fourth-order valence-electron chi connectivity index (χ4n) is 1.76. The van der Waals surface area contributed by atoms with Gasteiger partial charge in [-0.15, -0.1) is 11.8 Å². The van der Waals surface area contributed by atoms with E-state index in [-0.39, 0.29) is 23.6 Å². The highest BCUT2D eigenvalue weighted by Crippen LogP contribution is 2.22. The molecule has 0 heterocycles. The lowest BCUT2D eigenvalue weighted by Gasteiger charge is -2.20. The van der Waals surface area contributed by atoms with Crippen LogP contribution in [0.25, 0.3) is 0 Å². The van der Waals surface area contributed by atoms with Crippen molar-refractivity contribution in [1.82, 2.24) is 0 Å². The van der Waals surface area contributed by atoms with E-state index in [2.05, 4.69) is 0 Å². The predicted molar refractivity (Wildman–Crippen MR) is 84.4 cm³/mol. The lowest BCUT2D eigenvalue weighted by molar-refractivity contribution is -0.151. The number of hydrogen-bond donors (Lipinski definition) is 0. The number of thioether (sulfide) groups is 1. The third kappa shape index (κ3) is 6.67. The molecule has 0 radical (unpaired) electrons. The van der Waals surface area contributed by atoms with E-state index in [1.807, 2.05) is 51.1 Å². The van der Waals surface area contributed by atoms with Crippen LogP contribution in [0.3, 0.4) is 0 Å². The molecule has 0 spiro atoms. The van der Waals surface area contributed by atoms with E-state index in [9.17, 15) is 9.59 Å². The van der Waals surface area contributed by atoms with Crippen molar-refractivity contribution in [1.29, 1.82) is 0 Å². The molecule has 21 heavy (non-hydrogen) atoms. The van der Waals surface area contributed by atoms with Gasteiger partial charge in [-0.3, -0.25) is 9.59 Å². The second-order valence-corrected chi connectivity index (χ2v) is 6.62. The number of esters is 2. The molecule has 4 nitrogen and oxygen atoms in total. The van der Waals surface area contributed by atoms with Gasteiger partial charge in [0.1, 0.15) is 5.60 Å². The summed E-state index contributed by atoms with van der Waals surface area (Å²) in [6.45, 7) is 5.49. The normalized spacial score (nSPS) is 12.6. The van der Waals surface area contributed by atoms with Crippen LogP contribution in [0.5, 0.6) is 0 Å². The summed E-state index contributed by atoms with van der Waals surface area (Å²) in [5.74, 6) is -0.237. The zero-order valence-corrected chi connectivity index (χ0v) is 13.7. The monoisotopic (exact) mass is 310 g/mol. The molecule has 0 fully saturated rings. The van der Waals surface area contributed by atoms with Crippen LogP contribution in [0, 0.1) is 0 Å². The predicted octanol–water partition coefficient (Wildman–Crippen LogP) is 3.02. The summed E-state index contributed by atoms with van der Waals surface area (Å²) in [6, 6.07) is 9.42. The average Bonchev–Trinajstić information content (AvgIpc) is 2.42. The van der Waals surface area contributed by atoms with E-state index in [1.165, 1.54) is 18.9 Å². The fraction of sp³-hybridized carbons (Fsp3) is 0.500. The average molecular weight is 310 g/mol. The fourth-order valence-corrected chi connectivity index (χ4v) is 2.67. The Bertz CT molecular complexity index is 465. The van der Waals surface area contributed by atoms with Gasteiger partial charge in [0.05, 0.1) is 18.8 Å². The van der Waals surface area contributed by atoms with Gasteiger partial charge in [0.2, 0.25) is 0 Å². The zero-order chi connectivity index (χ0) is 15.9. The van der Waals surface area contributed by atoms with Gasteiger partial charge in [-0.25, -0.2) is 0 Å². The molecule has 0 saturated carbocycles. The number of hydrogen-bond acceptors (Lipinski definition) is 5. The molecule has 0 aliphatic carbocycles. The van der Waals surface area contributed by atoms with Crippen LogP contribution < -0.4 is 0 Å². The molecule has 1 unspecified atom stereocenters. The van der Waals surface area contributed by atoms with E-state index < -0.39 is 5.60 Å². The molecule has 0 saturated heterocycles. The summed E-state index contributed by atoms with van der Waals surface area (Å²) < 4.78 is 10.1. The second-order valence-electron chi connectivity index (χ2n) is 5.59. The van der Waals surface area contributed by atoms with Crippen molar-refractivity contribution in [3.63, 3.8) is 0 Å². The minimum atomic E-state index is -0.487. The summed E-state index contributed by atoms with van der Waals surface area (Å²) in [5, 5.41) is 0. The molecule has 0 aliphatic rings. The van der Waals surface area contributed by atoms with Gasteiger partial charge >= 0.3 is 11.9 Å². The quantitative estimate of drug-likeness (QED) is 0.756. The SMILES string of the molecule is COC(=O)C(CSCC(=O)OC(C)(C)C)c1ccccc1. The summed E-state index contributed by atoms with van der Waals surface area (Å²) in [5.41, 5.74) is 0.403. The van der Waals surface area contributed by atoms with Crippen molar-refractivity contribution in [2.24, 2.45) is 0 Å². The standard InChI is InChI=1S/C16H22O4S/c1-16(2,3)20-14(17)11-21-10-13(15(18)19-4)12-8-6-5-7-9-12/h5-9,13H,10-11H2,1-4H3. The van der Waals surface area contributed by atoms with Crippen LogP contribution >= 0.6 is 11.8 Å². The molecular formula is C16H22O4S. The Balaban J connectivity index is 2.56. The van der Waals surface area contributed by atoms with Gasteiger partial charge in [-0.05, 0) is 26.3 Å². The smallest absolute Gasteiger partial charge is 0.316 e.